The number of benzene rings is 1. The zero-order valence-electron chi connectivity index (χ0n) is 15.3. The Morgan fingerprint density at radius 3 is 2.69 bits per heavy atom. The van der Waals surface area contributed by atoms with Crippen LogP contribution in [0.4, 0.5) is 0 Å². The molecule has 4 heterocycles. The molecule has 3 aromatic heterocycles. The number of pyridine rings is 1. The van der Waals surface area contributed by atoms with Gasteiger partial charge >= 0.3 is 0 Å². The summed E-state index contributed by atoms with van der Waals surface area (Å²) in [7, 11) is 0. The third kappa shape index (κ3) is 3.47. The number of ether oxygens (including phenoxy) is 1. The molecule has 0 radical (unpaired) electrons. The van der Waals surface area contributed by atoms with Crippen LogP contribution in [-0.2, 0) is 0 Å². The Hall–Kier alpha value is -3.94. The van der Waals surface area contributed by atoms with E-state index in [1.165, 1.54) is 12.5 Å². The summed E-state index contributed by atoms with van der Waals surface area (Å²) in [5.41, 5.74) is 2.14. The third-order valence-electron chi connectivity index (χ3n) is 4.65. The number of hydrogen-bond acceptors (Lipinski definition) is 7. The van der Waals surface area contributed by atoms with E-state index in [9.17, 15) is 4.79 Å². The van der Waals surface area contributed by atoms with E-state index < -0.39 is 0 Å². The van der Waals surface area contributed by atoms with Gasteiger partial charge in [-0.1, -0.05) is 5.16 Å². The molecule has 1 fully saturated rings. The predicted octanol–water partition coefficient (Wildman–Crippen LogP) is 3.30. The number of amides is 1. The van der Waals surface area contributed by atoms with Crippen molar-refractivity contribution in [2.45, 2.75) is 6.10 Å². The van der Waals surface area contributed by atoms with Crippen LogP contribution in [0.5, 0.6) is 5.75 Å². The summed E-state index contributed by atoms with van der Waals surface area (Å²) < 4.78 is 16.2. The van der Waals surface area contributed by atoms with Crippen LogP contribution in [0.2, 0.25) is 0 Å². The van der Waals surface area contributed by atoms with Crippen molar-refractivity contribution < 1.29 is 18.5 Å². The molecule has 8 nitrogen and oxygen atoms in total. The van der Waals surface area contributed by atoms with E-state index in [4.69, 9.17) is 13.7 Å². The van der Waals surface area contributed by atoms with Gasteiger partial charge in [-0.25, -0.2) is 0 Å². The Balaban J connectivity index is 1.20. The van der Waals surface area contributed by atoms with Crippen molar-refractivity contribution in [2.75, 3.05) is 13.1 Å². The van der Waals surface area contributed by atoms with Crippen molar-refractivity contribution in [2.24, 2.45) is 0 Å². The summed E-state index contributed by atoms with van der Waals surface area (Å²) >= 11 is 0. The van der Waals surface area contributed by atoms with Crippen LogP contribution in [-0.4, -0.2) is 45.1 Å². The van der Waals surface area contributed by atoms with Gasteiger partial charge in [0.1, 0.15) is 18.1 Å². The molecule has 0 saturated carbocycles. The molecule has 0 atom stereocenters. The van der Waals surface area contributed by atoms with Crippen LogP contribution in [0.25, 0.3) is 22.8 Å². The molecule has 1 aromatic carbocycles. The van der Waals surface area contributed by atoms with Crippen LogP contribution in [0.15, 0.2) is 76.3 Å². The highest BCUT2D eigenvalue weighted by molar-refractivity contribution is 5.94. The molecule has 0 bridgehead atoms. The van der Waals surface area contributed by atoms with Gasteiger partial charge in [0, 0.05) is 18.0 Å². The molecule has 4 aromatic rings. The van der Waals surface area contributed by atoms with Gasteiger partial charge in [0.2, 0.25) is 5.82 Å². The second-order valence-electron chi connectivity index (χ2n) is 6.65. The first-order valence-corrected chi connectivity index (χ1v) is 9.09. The number of likely N-dealkylation sites (tertiary alicyclic amines) is 1. The van der Waals surface area contributed by atoms with Gasteiger partial charge in [-0.15, -0.1) is 0 Å². The second kappa shape index (κ2) is 7.23. The van der Waals surface area contributed by atoms with Crippen molar-refractivity contribution >= 4 is 5.91 Å². The summed E-state index contributed by atoms with van der Waals surface area (Å²) in [6.07, 6.45) is 6.28. The zero-order chi connectivity index (χ0) is 19.6. The minimum atomic E-state index is -0.0459. The van der Waals surface area contributed by atoms with Crippen LogP contribution in [0.3, 0.4) is 0 Å². The lowest BCUT2D eigenvalue weighted by Gasteiger charge is -2.38. The smallest absolute Gasteiger partial charge is 0.259 e. The molecular formula is C21H16N4O4. The van der Waals surface area contributed by atoms with E-state index in [1.54, 1.807) is 23.4 Å². The average molecular weight is 388 g/mol. The lowest BCUT2D eigenvalue weighted by Crippen LogP contribution is -2.56. The van der Waals surface area contributed by atoms with Crippen LogP contribution in [0, 0.1) is 0 Å². The number of aromatic nitrogens is 3. The maximum absolute atomic E-state index is 12.2. The minimum absolute atomic E-state index is 0.0286. The van der Waals surface area contributed by atoms with Crippen molar-refractivity contribution in [3.8, 4) is 28.6 Å². The molecule has 0 unspecified atom stereocenters. The SMILES string of the molecule is O=C(c1ccoc1)N1CC(Oc2ccc(-c3noc(-c4cccnc4)n3)cc2)C1. The highest BCUT2D eigenvalue weighted by Crippen LogP contribution is 2.25. The molecule has 8 heteroatoms. The highest BCUT2D eigenvalue weighted by Gasteiger charge is 2.33. The summed E-state index contributed by atoms with van der Waals surface area (Å²) in [6.45, 7) is 1.09. The molecule has 29 heavy (non-hydrogen) atoms. The normalized spacial score (nSPS) is 13.9. The van der Waals surface area contributed by atoms with Gasteiger partial charge < -0.3 is 18.6 Å². The van der Waals surface area contributed by atoms with Crippen molar-refractivity contribution in [3.63, 3.8) is 0 Å². The van der Waals surface area contributed by atoms with Gasteiger partial charge in [0.25, 0.3) is 11.8 Å². The van der Waals surface area contributed by atoms with Gasteiger partial charge in [0.05, 0.1) is 30.5 Å². The highest BCUT2D eigenvalue weighted by atomic mass is 16.5. The lowest BCUT2D eigenvalue weighted by molar-refractivity contribution is 0.0177. The summed E-state index contributed by atoms with van der Waals surface area (Å²) in [4.78, 5) is 22.4. The van der Waals surface area contributed by atoms with Crippen LogP contribution >= 0.6 is 0 Å². The van der Waals surface area contributed by atoms with E-state index in [0.29, 0.717) is 30.4 Å². The number of hydrogen-bond donors (Lipinski definition) is 0. The van der Waals surface area contributed by atoms with E-state index in [0.717, 1.165) is 16.9 Å². The van der Waals surface area contributed by atoms with Gasteiger partial charge in [0.15, 0.2) is 0 Å². The Kier molecular flexibility index (Phi) is 4.28. The van der Waals surface area contributed by atoms with Crippen LogP contribution in [0.1, 0.15) is 10.4 Å². The second-order valence-corrected chi connectivity index (χ2v) is 6.65. The first kappa shape index (κ1) is 17.2. The van der Waals surface area contributed by atoms with Crippen LogP contribution < -0.4 is 4.74 Å². The Labute approximate surface area is 165 Å². The maximum Gasteiger partial charge on any atom is 0.259 e. The lowest BCUT2D eigenvalue weighted by atomic mass is 10.1. The van der Waals surface area contributed by atoms with E-state index in [1.807, 2.05) is 36.4 Å². The monoisotopic (exact) mass is 388 g/mol. The third-order valence-corrected chi connectivity index (χ3v) is 4.65. The molecule has 0 aliphatic carbocycles. The van der Waals surface area contributed by atoms with Gasteiger partial charge in [-0.3, -0.25) is 9.78 Å². The molecule has 1 saturated heterocycles. The Morgan fingerprint density at radius 1 is 1.10 bits per heavy atom. The fraction of sp³-hybridized carbons (Fsp3) is 0.143. The maximum atomic E-state index is 12.2. The molecular weight excluding hydrogens is 372 g/mol. The molecule has 0 N–H and O–H groups in total. The largest absolute Gasteiger partial charge is 0.487 e. The van der Waals surface area contributed by atoms with Gasteiger partial charge in [-0.2, -0.15) is 4.98 Å². The summed E-state index contributed by atoms with van der Waals surface area (Å²) in [5.74, 6) is 1.60. The molecule has 5 rings (SSSR count). The van der Waals surface area contributed by atoms with Crippen molar-refractivity contribution in [1.29, 1.82) is 0 Å². The summed E-state index contributed by atoms with van der Waals surface area (Å²) in [6, 6.07) is 12.8. The number of carbonyl (C=O) groups excluding carboxylic acids is 1. The summed E-state index contributed by atoms with van der Waals surface area (Å²) in [5, 5.41) is 4.03. The van der Waals surface area contributed by atoms with E-state index >= 15 is 0 Å². The quantitative estimate of drug-likeness (QED) is 0.518. The Bertz CT molecular complexity index is 1100. The van der Waals surface area contributed by atoms with Gasteiger partial charge in [-0.05, 0) is 42.5 Å². The molecule has 144 valence electrons. The molecule has 0 spiro atoms. The fourth-order valence-corrected chi connectivity index (χ4v) is 3.07. The first-order valence-electron chi connectivity index (χ1n) is 9.09. The fourth-order valence-electron chi connectivity index (χ4n) is 3.07. The predicted molar refractivity (Wildman–Crippen MR) is 102 cm³/mol. The molecule has 1 amide bonds. The number of nitrogens with zero attached hydrogens (tertiary/aromatic N) is 4. The Morgan fingerprint density at radius 2 is 1.97 bits per heavy atom. The van der Waals surface area contributed by atoms with Crippen molar-refractivity contribution in [1.82, 2.24) is 20.0 Å². The van der Waals surface area contributed by atoms with E-state index in [2.05, 4.69) is 15.1 Å². The zero-order valence-corrected chi connectivity index (χ0v) is 15.3. The minimum Gasteiger partial charge on any atom is -0.487 e. The van der Waals surface area contributed by atoms with Crippen molar-refractivity contribution in [3.05, 3.63) is 72.9 Å². The average Bonchev–Trinajstić information content (AvgIpc) is 3.43. The number of furan rings is 1. The number of carbonyl (C=O) groups is 1. The number of rotatable bonds is 5. The van der Waals surface area contributed by atoms with E-state index in [-0.39, 0.29) is 12.0 Å². The molecule has 1 aliphatic rings. The first-order chi connectivity index (χ1) is 14.3. The standard InChI is InChI=1S/C21H16N4O4/c26-21(16-7-9-27-13-16)25-11-18(12-25)28-17-5-3-14(4-6-17)19-23-20(29-24-19)15-2-1-8-22-10-15/h1-10,13,18H,11-12H2. The molecule has 1 aliphatic heterocycles. The topological polar surface area (TPSA) is 94.5 Å².